The molecule has 114 valence electrons. The van der Waals surface area contributed by atoms with Gasteiger partial charge in [-0.2, -0.15) is 0 Å². The molecule has 0 aromatic heterocycles. The minimum Gasteiger partial charge on any atom is -0.465 e. The van der Waals surface area contributed by atoms with Crippen molar-refractivity contribution in [3.63, 3.8) is 0 Å². The summed E-state index contributed by atoms with van der Waals surface area (Å²) in [5, 5.41) is 20.5. The van der Waals surface area contributed by atoms with Crippen LogP contribution < -0.4 is 5.32 Å². The third-order valence-corrected chi connectivity index (χ3v) is 6.00. The normalized spacial score (nSPS) is 15.0. The highest BCUT2D eigenvalue weighted by Gasteiger charge is 2.30. The molecule has 0 fully saturated rings. The molecule has 7 heteroatoms. The second-order valence-electron chi connectivity index (χ2n) is 4.69. The van der Waals surface area contributed by atoms with Crippen molar-refractivity contribution in [1.82, 2.24) is 5.32 Å². The maximum atomic E-state index is 10.6. The second kappa shape index (κ2) is 9.30. The Morgan fingerprint density at radius 2 is 1.84 bits per heavy atom. The van der Waals surface area contributed by atoms with Crippen molar-refractivity contribution in [3.05, 3.63) is 0 Å². The Bertz CT molecular complexity index is 257. The second-order valence-corrected chi connectivity index (χ2v) is 8.03. The zero-order valence-electron chi connectivity index (χ0n) is 12.3. The first-order chi connectivity index (χ1) is 8.84. The number of nitrogens with one attached hydrogen (secondary N) is 1. The summed E-state index contributed by atoms with van der Waals surface area (Å²) in [4.78, 5) is 10.6. The molecule has 2 atom stereocenters. The molecule has 2 unspecified atom stereocenters. The fourth-order valence-corrected chi connectivity index (χ4v) is 4.47. The average Bonchev–Trinajstić information content (AvgIpc) is 2.27. The van der Waals surface area contributed by atoms with Crippen LogP contribution in [0.25, 0.3) is 0 Å². The third-order valence-electron chi connectivity index (χ3n) is 2.94. The number of rotatable bonds is 10. The van der Waals surface area contributed by atoms with Gasteiger partial charge in [-0.15, -0.1) is 0 Å². The van der Waals surface area contributed by atoms with E-state index in [0.717, 1.165) is 12.5 Å². The van der Waals surface area contributed by atoms with Crippen molar-refractivity contribution < 1.29 is 23.9 Å². The molecule has 0 aromatic rings. The van der Waals surface area contributed by atoms with Crippen LogP contribution in [-0.4, -0.2) is 50.2 Å². The first-order valence-corrected chi connectivity index (χ1v) is 9.32. The van der Waals surface area contributed by atoms with Crippen LogP contribution in [0.15, 0.2) is 0 Å². The lowest BCUT2D eigenvalue weighted by atomic mass is 10.1. The van der Waals surface area contributed by atoms with Gasteiger partial charge in [-0.25, -0.2) is 4.79 Å². The van der Waals surface area contributed by atoms with Crippen LogP contribution in [0.5, 0.6) is 0 Å². The van der Waals surface area contributed by atoms with Gasteiger partial charge in [0.25, 0.3) is 0 Å². The number of carboxylic acid groups (broad SMARTS) is 1. The molecular weight excluding hydrogens is 266 g/mol. The Balaban J connectivity index is 4.24. The Labute approximate surface area is 116 Å². The predicted molar refractivity (Wildman–Crippen MR) is 75.5 cm³/mol. The molecule has 1 amide bonds. The molecule has 19 heavy (non-hydrogen) atoms. The third kappa shape index (κ3) is 8.20. The number of hydrogen-bond donors (Lipinski definition) is 3. The summed E-state index contributed by atoms with van der Waals surface area (Å²) in [6.45, 7) is 8.72. The number of carbonyl (C=O) groups is 1. The number of amides is 1. The van der Waals surface area contributed by atoms with E-state index >= 15 is 0 Å². The maximum absolute atomic E-state index is 10.6. The summed E-state index contributed by atoms with van der Waals surface area (Å²) in [7, 11) is -2.15. The largest absolute Gasteiger partial charge is 0.465 e. The van der Waals surface area contributed by atoms with Crippen molar-refractivity contribution >= 4 is 14.7 Å². The number of aliphatic hydroxyl groups excluding tert-OH is 1. The van der Waals surface area contributed by atoms with Crippen LogP contribution in [0.1, 0.15) is 33.6 Å². The van der Waals surface area contributed by atoms with E-state index in [1.807, 2.05) is 20.4 Å². The average molecular weight is 293 g/mol. The lowest BCUT2D eigenvalue weighted by Gasteiger charge is -2.27. The minimum absolute atomic E-state index is 0.445. The van der Waals surface area contributed by atoms with Crippen LogP contribution in [0.2, 0.25) is 12.6 Å². The molecule has 0 aliphatic carbocycles. The molecule has 0 rings (SSSR count). The van der Waals surface area contributed by atoms with E-state index in [0.29, 0.717) is 19.6 Å². The van der Waals surface area contributed by atoms with Gasteiger partial charge in [0, 0.05) is 13.2 Å². The van der Waals surface area contributed by atoms with Crippen LogP contribution in [-0.2, 0) is 8.85 Å². The number of aliphatic hydroxyl groups is 1. The maximum Gasteiger partial charge on any atom is 0.404 e. The van der Waals surface area contributed by atoms with Crippen LogP contribution in [0.3, 0.4) is 0 Å². The van der Waals surface area contributed by atoms with E-state index in [1.54, 1.807) is 6.92 Å². The Morgan fingerprint density at radius 3 is 2.21 bits per heavy atom. The van der Waals surface area contributed by atoms with Gasteiger partial charge in [0.05, 0.1) is 12.1 Å². The molecule has 6 nitrogen and oxygen atoms in total. The lowest BCUT2D eigenvalue weighted by molar-refractivity contribution is 0.128. The zero-order chi connectivity index (χ0) is 14.9. The van der Waals surface area contributed by atoms with E-state index < -0.39 is 26.8 Å². The van der Waals surface area contributed by atoms with E-state index in [1.165, 1.54) is 0 Å². The molecule has 0 radical (unpaired) electrons. The van der Waals surface area contributed by atoms with Crippen LogP contribution >= 0.6 is 0 Å². The SMILES string of the molecule is CCO[Si](C)(CCCC(NC(=O)O)C(C)O)OCC. The molecular formula is C12H27NO5Si. The van der Waals surface area contributed by atoms with Crippen molar-refractivity contribution in [2.24, 2.45) is 0 Å². The molecule has 0 heterocycles. The van der Waals surface area contributed by atoms with Crippen molar-refractivity contribution in [1.29, 1.82) is 0 Å². The summed E-state index contributed by atoms with van der Waals surface area (Å²) in [6.07, 6.45) is -0.477. The van der Waals surface area contributed by atoms with E-state index in [9.17, 15) is 9.90 Å². The molecule has 0 aliphatic heterocycles. The highest BCUT2D eigenvalue weighted by atomic mass is 28.4. The van der Waals surface area contributed by atoms with Crippen molar-refractivity contribution in [2.45, 2.75) is 58.3 Å². The minimum atomic E-state index is -2.15. The van der Waals surface area contributed by atoms with E-state index in [2.05, 4.69) is 5.32 Å². The molecule has 0 saturated heterocycles. The highest BCUT2D eigenvalue weighted by Crippen LogP contribution is 2.18. The number of hydrogen-bond acceptors (Lipinski definition) is 4. The molecule has 3 N–H and O–H groups in total. The summed E-state index contributed by atoms with van der Waals surface area (Å²) in [6, 6.07) is 0.346. The van der Waals surface area contributed by atoms with Gasteiger partial charge in [0.15, 0.2) is 0 Å². The zero-order valence-corrected chi connectivity index (χ0v) is 13.3. The summed E-state index contributed by atoms with van der Waals surface area (Å²) in [5.74, 6) is 0. The quantitative estimate of drug-likeness (QED) is 0.536. The molecule has 0 aromatic carbocycles. The topological polar surface area (TPSA) is 88.0 Å². The van der Waals surface area contributed by atoms with Gasteiger partial charge in [0.1, 0.15) is 0 Å². The van der Waals surface area contributed by atoms with Gasteiger partial charge in [-0.1, -0.05) is 0 Å². The fraction of sp³-hybridized carbons (Fsp3) is 0.917. The van der Waals surface area contributed by atoms with Crippen LogP contribution in [0, 0.1) is 0 Å². The molecule has 0 spiro atoms. The summed E-state index contributed by atoms with van der Waals surface area (Å²) >= 11 is 0. The molecule has 0 aliphatic rings. The summed E-state index contributed by atoms with van der Waals surface area (Å²) in [5.41, 5.74) is 0. The van der Waals surface area contributed by atoms with E-state index in [4.69, 9.17) is 14.0 Å². The Kier molecular flexibility index (Phi) is 8.99. The van der Waals surface area contributed by atoms with Crippen molar-refractivity contribution in [3.8, 4) is 0 Å². The highest BCUT2D eigenvalue weighted by molar-refractivity contribution is 6.66. The van der Waals surface area contributed by atoms with Gasteiger partial charge in [0.2, 0.25) is 0 Å². The van der Waals surface area contributed by atoms with Gasteiger partial charge >= 0.3 is 14.7 Å². The fourth-order valence-electron chi connectivity index (χ4n) is 2.03. The van der Waals surface area contributed by atoms with E-state index in [-0.39, 0.29) is 0 Å². The van der Waals surface area contributed by atoms with Gasteiger partial charge < -0.3 is 24.4 Å². The standard InChI is InChI=1S/C12H27NO5Si/c1-5-17-19(4,18-6-2)9-7-8-11(10(3)14)13-12(15)16/h10-11,13-14H,5-9H2,1-4H3,(H,15,16). The Morgan fingerprint density at radius 1 is 1.32 bits per heavy atom. The Hall–Kier alpha value is -0.633. The smallest absolute Gasteiger partial charge is 0.404 e. The van der Waals surface area contributed by atoms with Crippen molar-refractivity contribution in [2.75, 3.05) is 13.2 Å². The van der Waals surface area contributed by atoms with Gasteiger partial charge in [-0.3, -0.25) is 0 Å². The predicted octanol–water partition coefficient (Wildman–Crippen LogP) is 1.93. The first-order valence-electron chi connectivity index (χ1n) is 6.80. The first kappa shape index (κ1) is 18.4. The monoisotopic (exact) mass is 293 g/mol. The lowest BCUT2D eigenvalue weighted by Crippen LogP contribution is -2.42. The van der Waals surface area contributed by atoms with Gasteiger partial charge in [-0.05, 0) is 46.2 Å². The summed E-state index contributed by atoms with van der Waals surface area (Å²) < 4.78 is 11.4. The van der Waals surface area contributed by atoms with Crippen LogP contribution in [0.4, 0.5) is 4.79 Å². The molecule has 0 bridgehead atoms. The molecule has 0 saturated carbocycles.